The number of nitrogens with zero attached hydrogens (tertiary/aromatic N) is 6. The van der Waals surface area contributed by atoms with Crippen molar-refractivity contribution in [3.63, 3.8) is 0 Å². The summed E-state index contributed by atoms with van der Waals surface area (Å²) in [6.07, 6.45) is 5.08. The molecule has 5 atom stereocenters. The molecule has 9 nitrogen and oxygen atoms in total. The van der Waals surface area contributed by atoms with Crippen molar-refractivity contribution in [1.82, 2.24) is 29.7 Å². The predicted molar refractivity (Wildman–Crippen MR) is 186 cm³/mol. The normalized spacial score (nSPS) is 25.3. The molecular weight excluding hydrogens is 634 g/mol. The Balaban J connectivity index is 1.23. The van der Waals surface area contributed by atoms with Crippen molar-refractivity contribution in [3.8, 4) is 11.5 Å². The van der Waals surface area contributed by atoms with E-state index in [0.717, 1.165) is 12.0 Å². The van der Waals surface area contributed by atoms with Crippen LogP contribution in [0.25, 0.3) is 22.4 Å². The maximum absolute atomic E-state index is 14.0. The Hall–Kier alpha value is -3.96. The van der Waals surface area contributed by atoms with Gasteiger partial charge in [-0.25, -0.2) is 23.7 Å². The van der Waals surface area contributed by atoms with E-state index in [4.69, 9.17) is 21.6 Å². The lowest BCUT2D eigenvalue weighted by Crippen LogP contribution is -2.58. The number of alkyl halides is 2. The van der Waals surface area contributed by atoms with Gasteiger partial charge in [-0.05, 0) is 78.3 Å². The fraction of sp³-hybridized carbons (Fsp3) is 0.472. The van der Waals surface area contributed by atoms with Gasteiger partial charge in [-0.3, -0.25) is 14.3 Å². The van der Waals surface area contributed by atoms with E-state index in [1.807, 2.05) is 41.3 Å². The van der Waals surface area contributed by atoms with Crippen LogP contribution in [0.2, 0.25) is 5.02 Å². The van der Waals surface area contributed by atoms with Crippen LogP contribution in [0, 0.1) is 23.2 Å². The molecule has 1 aliphatic heterocycles. The van der Waals surface area contributed by atoms with Crippen molar-refractivity contribution in [2.24, 2.45) is 28.2 Å². The largest absolute Gasteiger partial charge is 0.340 e. The second-order valence-electron chi connectivity index (χ2n) is 14.0. The van der Waals surface area contributed by atoms with Crippen LogP contribution < -0.4 is 16.2 Å². The highest BCUT2D eigenvalue weighted by Crippen LogP contribution is 2.61. The first kappa shape index (κ1) is 32.6. The molecule has 4 aromatic rings. The molecule has 3 heterocycles. The molecule has 3 aliphatic carbocycles. The van der Waals surface area contributed by atoms with Gasteiger partial charge in [0.25, 0.3) is 12.0 Å². The standard InChI is InChI=1S/C36H41ClF2N8O/c1-21-27-16-23(36(27,2)3)17-28(21)45-35(46-15-13-42-31(20-46)32(38)39)43-25-8-9-26-29(18-25)44-33(30-19-40-11-12-41-30)47(34(26)48)14-10-22-4-6-24(37)7-5-22/h4-9,11-12,18-19,21,23,27-28,31-32,42H,10,13-17,20H2,1-3H3,(H,43,45)/t21-,23-,27+,28?,31+/m0/s1. The zero-order chi connectivity index (χ0) is 33.6. The third-order valence-electron chi connectivity index (χ3n) is 11.0. The molecule has 0 radical (unpaired) electrons. The summed E-state index contributed by atoms with van der Waals surface area (Å²) in [7, 11) is 0. The molecule has 2 bridgehead atoms. The molecule has 252 valence electrons. The molecule has 4 fully saturated rings. The minimum absolute atomic E-state index is 0.0962. The number of benzene rings is 2. The maximum atomic E-state index is 14.0. The summed E-state index contributed by atoms with van der Waals surface area (Å²) >= 11 is 6.08. The number of aromatic nitrogens is 4. The number of nitrogens with one attached hydrogen (secondary N) is 2. The van der Waals surface area contributed by atoms with Crippen LogP contribution in [-0.2, 0) is 13.0 Å². The molecule has 2 N–H and O–H groups in total. The summed E-state index contributed by atoms with van der Waals surface area (Å²) in [5, 5.41) is 7.54. The number of fused-ring (bicyclic) bond motifs is 3. The van der Waals surface area contributed by atoms with Gasteiger partial charge in [0.1, 0.15) is 5.69 Å². The van der Waals surface area contributed by atoms with E-state index >= 15 is 0 Å². The maximum Gasteiger partial charge on any atom is 0.261 e. The van der Waals surface area contributed by atoms with Crippen LogP contribution in [0.1, 0.15) is 39.2 Å². The Bertz CT molecular complexity index is 1870. The van der Waals surface area contributed by atoms with E-state index in [0.29, 0.717) is 88.3 Å². The van der Waals surface area contributed by atoms with Crippen LogP contribution in [-0.4, -0.2) is 68.5 Å². The van der Waals surface area contributed by atoms with Gasteiger partial charge in [-0.15, -0.1) is 0 Å². The highest BCUT2D eigenvalue weighted by atomic mass is 35.5. The van der Waals surface area contributed by atoms with Gasteiger partial charge in [-0.2, -0.15) is 0 Å². The number of aliphatic imine (C=N–C) groups is 1. The first-order chi connectivity index (χ1) is 23.1. The van der Waals surface area contributed by atoms with Crippen LogP contribution in [0.5, 0.6) is 0 Å². The molecule has 4 aliphatic rings. The lowest BCUT2D eigenvalue weighted by molar-refractivity contribution is -0.108. The van der Waals surface area contributed by atoms with Gasteiger partial charge < -0.3 is 15.5 Å². The molecule has 2 aromatic carbocycles. The Morgan fingerprint density at radius 2 is 1.98 bits per heavy atom. The second-order valence-corrected chi connectivity index (χ2v) is 14.5. The number of anilines is 1. The summed E-state index contributed by atoms with van der Waals surface area (Å²) in [4.78, 5) is 34.8. The van der Waals surface area contributed by atoms with Crippen molar-refractivity contribution in [3.05, 3.63) is 82.0 Å². The average molecular weight is 675 g/mol. The molecule has 2 aromatic heterocycles. The average Bonchev–Trinajstić information content (AvgIpc) is 3.09. The van der Waals surface area contributed by atoms with Crippen molar-refractivity contribution in [1.29, 1.82) is 0 Å². The summed E-state index contributed by atoms with van der Waals surface area (Å²) in [6.45, 7) is 8.50. The third kappa shape index (κ3) is 6.30. The minimum atomic E-state index is -2.48. The smallest absolute Gasteiger partial charge is 0.261 e. The number of guanidine groups is 1. The quantitative estimate of drug-likeness (QED) is 0.180. The van der Waals surface area contributed by atoms with Crippen LogP contribution in [0.15, 0.2) is 70.8 Å². The van der Waals surface area contributed by atoms with Crippen LogP contribution in [0.4, 0.5) is 14.5 Å². The lowest BCUT2D eigenvalue weighted by atomic mass is 9.45. The molecular formula is C36H41ClF2N8O. The Labute approximate surface area is 283 Å². The Kier molecular flexibility index (Phi) is 8.93. The number of halogens is 3. The predicted octanol–water partition coefficient (Wildman–Crippen LogP) is 6.13. The first-order valence-electron chi connectivity index (χ1n) is 16.7. The molecule has 3 saturated carbocycles. The van der Waals surface area contributed by atoms with Gasteiger partial charge >= 0.3 is 0 Å². The van der Waals surface area contributed by atoms with Gasteiger partial charge in [-0.1, -0.05) is 44.5 Å². The summed E-state index contributed by atoms with van der Waals surface area (Å²) in [6, 6.07) is 12.1. The van der Waals surface area contributed by atoms with Crippen molar-refractivity contribution in [2.45, 2.75) is 65.1 Å². The van der Waals surface area contributed by atoms with Gasteiger partial charge in [0.05, 0.1) is 29.2 Å². The number of hydrogen-bond donors (Lipinski definition) is 2. The number of hydrogen-bond acceptors (Lipinski definition) is 6. The van der Waals surface area contributed by atoms with E-state index in [1.54, 1.807) is 29.2 Å². The second kappa shape index (κ2) is 13.2. The zero-order valence-electron chi connectivity index (χ0n) is 27.4. The van der Waals surface area contributed by atoms with E-state index in [9.17, 15) is 13.6 Å². The highest BCUT2D eigenvalue weighted by molar-refractivity contribution is 6.30. The van der Waals surface area contributed by atoms with E-state index in [-0.39, 0.29) is 18.1 Å². The van der Waals surface area contributed by atoms with Crippen molar-refractivity contribution >= 4 is 34.2 Å². The SMILES string of the molecule is C[C@@H]1C(N=C(Nc2ccc3c(=O)n(CCc4ccc(Cl)cc4)c(-c4cnccn4)nc3c2)N2CCN[C@@H](C(F)F)C2)C[C@@H]2C[C@H]1C2(C)C. The van der Waals surface area contributed by atoms with Crippen molar-refractivity contribution in [2.75, 3.05) is 25.0 Å². The number of rotatable bonds is 7. The summed E-state index contributed by atoms with van der Waals surface area (Å²) in [5.41, 5.74) is 2.82. The molecule has 48 heavy (non-hydrogen) atoms. The van der Waals surface area contributed by atoms with E-state index in [1.165, 1.54) is 6.42 Å². The van der Waals surface area contributed by atoms with E-state index < -0.39 is 12.5 Å². The number of aryl methyl sites for hydroxylation is 1. The molecule has 8 rings (SSSR count). The van der Waals surface area contributed by atoms with Crippen LogP contribution in [0.3, 0.4) is 0 Å². The van der Waals surface area contributed by atoms with Crippen molar-refractivity contribution < 1.29 is 8.78 Å². The topological polar surface area (TPSA) is 100 Å². The molecule has 1 unspecified atom stereocenters. The van der Waals surface area contributed by atoms with Gasteiger partial charge in [0, 0.05) is 49.3 Å². The summed E-state index contributed by atoms with van der Waals surface area (Å²) < 4.78 is 29.3. The Morgan fingerprint density at radius 3 is 2.69 bits per heavy atom. The monoisotopic (exact) mass is 674 g/mol. The first-order valence-corrected chi connectivity index (χ1v) is 17.1. The summed E-state index contributed by atoms with van der Waals surface area (Å²) in [5.74, 6) is 2.59. The van der Waals surface area contributed by atoms with Gasteiger partial charge in [0.2, 0.25) is 0 Å². The van der Waals surface area contributed by atoms with Crippen LogP contribution >= 0.6 is 11.6 Å². The molecule has 0 spiro atoms. The Morgan fingerprint density at radius 1 is 1.17 bits per heavy atom. The number of piperazine rings is 1. The van der Waals surface area contributed by atoms with E-state index in [2.05, 4.69) is 41.4 Å². The zero-order valence-corrected chi connectivity index (χ0v) is 28.2. The van der Waals surface area contributed by atoms with Gasteiger partial charge in [0.15, 0.2) is 11.8 Å². The highest BCUT2D eigenvalue weighted by Gasteiger charge is 2.56. The molecule has 1 saturated heterocycles. The lowest BCUT2D eigenvalue weighted by Gasteiger charge is -2.61. The minimum Gasteiger partial charge on any atom is -0.340 e. The molecule has 0 amide bonds. The fourth-order valence-electron chi connectivity index (χ4n) is 7.92. The molecule has 12 heteroatoms. The third-order valence-corrected chi connectivity index (χ3v) is 11.2. The fourth-order valence-corrected chi connectivity index (χ4v) is 8.05.